The zero-order chi connectivity index (χ0) is 15.4. The summed E-state index contributed by atoms with van der Waals surface area (Å²) in [6.45, 7) is 1.94. The van der Waals surface area contributed by atoms with Crippen molar-refractivity contribution in [3.63, 3.8) is 0 Å². The van der Waals surface area contributed by atoms with Crippen LogP contribution in [-0.4, -0.2) is 29.7 Å². The van der Waals surface area contributed by atoms with E-state index in [1.165, 1.54) is 0 Å². The van der Waals surface area contributed by atoms with Crippen molar-refractivity contribution in [1.82, 2.24) is 5.32 Å². The highest BCUT2D eigenvalue weighted by Crippen LogP contribution is 2.38. The van der Waals surface area contributed by atoms with Crippen molar-refractivity contribution in [3.05, 3.63) is 0 Å². The van der Waals surface area contributed by atoms with Gasteiger partial charge in [0.1, 0.15) is 0 Å². The van der Waals surface area contributed by atoms with E-state index >= 15 is 0 Å². The molecule has 0 spiro atoms. The van der Waals surface area contributed by atoms with Crippen molar-refractivity contribution in [2.24, 2.45) is 11.3 Å². The summed E-state index contributed by atoms with van der Waals surface area (Å²) in [5.74, 6) is -1.29. The average Bonchev–Trinajstić information content (AvgIpc) is 2.35. The Labute approximate surface area is 115 Å². The molecule has 0 aliphatic heterocycles. The van der Waals surface area contributed by atoms with Gasteiger partial charge in [-0.05, 0) is 31.6 Å². The molecule has 2 N–H and O–H groups in total. The minimum absolute atomic E-state index is 0.0915. The monoisotopic (exact) mass is 295 g/mol. The predicted molar refractivity (Wildman–Crippen MR) is 66.0 cm³/mol. The molecule has 0 saturated heterocycles. The van der Waals surface area contributed by atoms with E-state index in [1.807, 2.05) is 6.92 Å². The van der Waals surface area contributed by atoms with E-state index < -0.39 is 36.3 Å². The minimum atomic E-state index is -4.37. The molecule has 1 aliphatic rings. The third-order valence-corrected chi connectivity index (χ3v) is 3.94. The normalized spacial score (nSPS) is 27.1. The number of nitrogens with one attached hydrogen (secondary N) is 1. The molecule has 20 heavy (non-hydrogen) atoms. The summed E-state index contributed by atoms with van der Waals surface area (Å²) >= 11 is 0. The van der Waals surface area contributed by atoms with Gasteiger partial charge < -0.3 is 10.4 Å². The van der Waals surface area contributed by atoms with Crippen molar-refractivity contribution in [1.29, 1.82) is 0 Å². The quantitative estimate of drug-likeness (QED) is 0.819. The first kappa shape index (κ1) is 16.8. The zero-order valence-corrected chi connectivity index (χ0v) is 11.4. The number of aliphatic carboxylic acids is 1. The van der Waals surface area contributed by atoms with E-state index in [0.29, 0.717) is 18.8 Å². The second-order valence-electron chi connectivity index (χ2n) is 5.66. The van der Waals surface area contributed by atoms with Crippen LogP contribution >= 0.6 is 0 Å². The van der Waals surface area contributed by atoms with Gasteiger partial charge in [-0.25, -0.2) is 0 Å². The largest absolute Gasteiger partial charge is 0.481 e. The number of carboxylic acid groups (broad SMARTS) is 1. The van der Waals surface area contributed by atoms with Crippen LogP contribution in [0.5, 0.6) is 0 Å². The molecule has 1 aliphatic carbocycles. The molecule has 116 valence electrons. The number of carbonyl (C=O) groups excluding carboxylic acids is 1. The van der Waals surface area contributed by atoms with Gasteiger partial charge in [-0.3, -0.25) is 9.59 Å². The van der Waals surface area contributed by atoms with Gasteiger partial charge in [0.15, 0.2) is 0 Å². The highest BCUT2D eigenvalue weighted by Gasteiger charge is 2.41. The Kier molecular flexibility index (Phi) is 5.42. The number of alkyl halides is 3. The Balaban J connectivity index is 2.48. The Hall–Kier alpha value is -1.27. The SMILES string of the molecule is CC1CCC(CNC(=O)CCC(F)(F)F)(C(=O)O)CC1. The summed E-state index contributed by atoms with van der Waals surface area (Å²) in [5, 5.41) is 11.7. The van der Waals surface area contributed by atoms with Gasteiger partial charge in [0.2, 0.25) is 5.91 Å². The van der Waals surface area contributed by atoms with E-state index in [4.69, 9.17) is 0 Å². The third-order valence-electron chi connectivity index (χ3n) is 3.94. The molecule has 0 aromatic rings. The second-order valence-corrected chi connectivity index (χ2v) is 5.66. The molecule has 0 radical (unpaired) electrons. The first-order valence-electron chi connectivity index (χ1n) is 6.71. The molecule has 0 aromatic carbocycles. The number of amides is 1. The lowest BCUT2D eigenvalue weighted by atomic mass is 9.71. The van der Waals surface area contributed by atoms with Gasteiger partial charge in [-0.15, -0.1) is 0 Å². The second kappa shape index (κ2) is 6.45. The molecule has 1 rings (SSSR count). The smallest absolute Gasteiger partial charge is 0.389 e. The minimum Gasteiger partial charge on any atom is -0.481 e. The molecular formula is C13H20F3NO3. The molecule has 1 amide bonds. The van der Waals surface area contributed by atoms with Crippen LogP contribution in [0, 0.1) is 11.3 Å². The van der Waals surface area contributed by atoms with Gasteiger partial charge in [-0.2, -0.15) is 13.2 Å². The summed E-state index contributed by atoms with van der Waals surface area (Å²) in [5.41, 5.74) is -1.03. The van der Waals surface area contributed by atoms with Gasteiger partial charge in [0.05, 0.1) is 11.8 Å². The van der Waals surface area contributed by atoms with Crippen LogP contribution in [0.25, 0.3) is 0 Å². The summed E-state index contributed by atoms with van der Waals surface area (Å²) in [4.78, 5) is 22.7. The zero-order valence-electron chi connectivity index (χ0n) is 11.4. The summed E-state index contributed by atoms with van der Waals surface area (Å²) in [6, 6.07) is 0. The van der Waals surface area contributed by atoms with E-state index in [9.17, 15) is 27.9 Å². The topological polar surface area (TPSA) is 66.4 Å². The number of hydrogen-bond donors (Lipinski definition) is 2. The molecular weight excluding hydrogens is 275 g/mol. The standard InChI is InChI=1S/C13H20F3NO3/c1-9-2-5-12(6-3-9,11(19)20)8-17-10(18)4-7-13(14,15)16/h9H,2-8H2,1H3,(H,17,18)(H,19,20). The fraction of sp³-hybridized carbons (Fsp3) is 0.846. The fourth-order valence-corrected chi connectivity index (χ4v) is 2.39. The lowest BCUT2D eigenvalue weighted by Crippen LogP contribution is -2.45. The van der Waals surface area contributed by atoms with Crippen LogP contribution < -0.4 is 5.32 Å². The molecule has 0 unspecified atom stereocenters. The lowest BCUT2D eigenvalue weighted by Gasteiger charge is -2.35. The Bertz CT molecular complexity index is 360. The van der Waals surface area contributed by atoms with Crippen LogP contribution in [0.2, 0.25) is 0 Å². The molecule has 1 saturated carbocycles. The lowest BCUT2D eigenvalue weighted by molar-refractivity contribution is -0.152. The summed E-state index contributed by atoms with van der Waals surface area (Å²) in [6.07, 6.45) is -3.81. The maximum atomic E-state index is 12.0. The van der Waals surface area contributed by atoms with E-state index in [-0.39, 0.29) is 6.54 Å². The molecule has 0 atom stereocenters. The maximum absolute atomic E-state index is 12.0. The highest BCUT2D eigenvalue weighted by molar-refractivity contribution is 5.79. The van der Waals surface area contributed by atoms with Crippen LogP contribution in [0.1, 0.15) is 45.4 Å². The van der Waals surface area contributed by atoms with Crippen LogP contribution in [-0.2, 0) is 9.59 Å². The molecule has 4 nitrogen and oxygen atoms in total. The number of hydrogen-bond acceptors (Lipinski definition) is 2. The highest BCUT2D eigenvalue weighted by atomic mass is 19.4. The van der Waals surface area contributed by atoms with E-state index in [1.54, 1.807) is 0 Å². The number of halogens is 3. The van der Waals surface area contributed by atoms with Crippen LogP contribution in [0.4, 0.5) is 13.2 Å². The van der Waals surface area contributed by atoms with Crippen molar-refractivity contribution in [3.8, 4) is 0 Å². The Morgan fingerprint density at radius 1 is 1.30 bits per heavy atom. The van der Waals surface area contributed by atoms with E-state index in [2.05, 4.69) is 5.32 Å². The number of carboxylic acids is 1. The van der Waals surface area contributed by atoms with Crippen molar-refractivity contribution in [2.75, 3.05) is 6.54 Å². The van der Waals surface area contributed by atoms with Gasteiger partial charge in [0.25, 0.3) is 0 Å². The number of carbonyl (C=O) groups is 2. The first-order chi connectivity index (χ1) is 9.15. The maximum Gasteiger partial charge on any atom is 0.389 e. The Morgan fingerprint density at radius 3 is 2.30 bits per heavy atom. The molecule has 0 bridgehead atoms. The van der Waals surface area contributed by atoms with Crippen molar-refractivity contribution in [2.45, 2.75) is 51.6 Å². The van der Waals surface area contributed by atoms with Gasteiger partial charge >= 0.3 is 12.1 Å². The van der Waals surface area contributed by atoms with E-state index in [0.717, 1.165) is 12.8 Å². The Morgan fingerprint density at radius 2 is 1.85 bits per heavy atom. The van der Waals surface area contributed by atoms with Gasteiger partial charge in [0, 0.05) is 13.0 Å². The first-order valence-corrected chi connectivity index (χ1v) is 6.71. The molecule has 1 fully saturated rings. The summed E-state index contributed by atoms with van der Waals surface area (Å²) < 4.78 is 36.0. The van der Waals surface area contributed by atoms with Gasteiger partial charge in [-0.1, -0.05) is 6.92 Å². The summed E-state index contributed by atoms with van der Waals surface area (Å²) in [7, 11) is 0. The fourth-order valence-electron chi connectivity index (χ4n) is 2.39. The molecule has 0 heterocycles. The molecule has 0 aromatic heterocycles. The predicted octanol–water partition coefficient (Wildman–Crippen LogP) is 2.73. The third kappa shape index (κ3) is 5.02. The van der Waals surface area contributed by atoms with Crippen LogP contribution in [0.15, 0.2) is 0 Å². The average molecular weight is 295 g/mol. The van der Waals surface area contributed by atoms with Crippen molar-refractivity contribution < 1.29 is 27.9 Å². The number of rotatable bonds is 5. The van der Waals surface area contributed by atoms with Crippen LogP contribution in [0.3, 0.4) is 0 Å². The molecule has 7 heteroatoms. The van der Waals surface area contributed by atoms with Crippen molar-refractivity contribution >= 4 is 11.9 Å².